The summed E-state index contributed by atoms with van der Waals surface area (Å²) in [5, 5.41) is 9.28. The fourth-order valence-electron chi connectivity index (χ4n) is 4.88. The molecule has 4 aromatic rings. The predicted octanol–water partition coefficient (Wildman–Crippen LogP) is 6.07. The second kappa shape index (κ2) is 14.8. The number of piperazine rings is 1. The number of aromatic nitrogens is 2. The van der Waals surface area contributed by atoms with E-state index in [0.29, 0.717) is 30.9 Å². The number of rotatable bonds is 6. The predicted molar refractivity (Wildman–Crippen MR) is 168 cm³/mol. The van der Waals surface area contributed by atoms with Crippen molar-refractivity contribution in [3.63, 3.8) is 0 Å². The zero-order valence-corrected chi connectivity index (χ0v) is 25.8. The van der Waals surface area contributed by atoms with Crippen LogP contribution in [-0.2, 0) is 18.3 Å². The molecule has 0 unspecified atom stereocenters. The van der Waals surface area contributed by atoms with Crippen molar-refractivity contribution < 1.29 is 24.2 Å². The van der Waals surface area contributed by atoms with Gasteiger partial charge < -0.3 is 24.0 Å². The van der Waals surface area contributed by atoms with Gasteiger partial charge in [-0.05, 0) is 68.3 Å². The van der Waals surface area contributed by atoms with E-state index in [-0.39, 0.29) is 11.5 Å². The lowest BCUT2D eigenvalue weighted by Gasteiger charge is -2.34. The van der Waals surface area contributed by atoms with Gasteiger partial charge in [0.25, 0.3) is 5.91 Å². The van der Waals surface area contributed by atoms with Crippen molar-refractivity contribution in [1.29, 1.82) is 0 Å². The van der Waals surface area contributed by atoms with E-state index in [9.17, 15) is 14.7 Å². The summed E-state index contributed by atoms with van der Waals surface area (Å²) in [5.41, 5.74) is 4.66. The summed E-state index contributed by atoms with van der Waals surface area (Å²) in [6.45, 7) is 13.4. The molecule has 2 aliphatic heterocycles. The molecule has 0 spiro atoms. The van der Waals surface area contributed by atoms with Crippen LogP contribution in [-0.4, -0.2) is 75.7 Å². The number of amides is 1. The molecule has 1 N–H and O–H groups in total. The zero-order valence-electron chi connectivity index (χ0n) is 25.8. The third kappa shape index (κ3) is 8.00. The Bertz CT molecular complexity index is 1550. The van der Waals surface area contributed by atoms with Crippen molar-refractivity contribution in [2.75, 3.05) is 39.4 Å². The van der Waals surface area contributed by atoms with E-state index in [4.69, 9.17) is 14.5 Å². The second-order valence-corrected chi connectivity index (χ2v) is 10.5. The van der Waals surface area contributed by atoms with Crippen molar-refractivity contribution in [3.05, 3.63) is 88.7 Å². The maximum atomic E-state index is 13.2. The summed E-state index contributed by atoms with van der Waals surface area (Å²) in [7, 11) is 1.91. The van der Waals surface area contributed by atoms with E-state index < -0.39 is 5.97 Å². The van der Waals surface area contributed by atoms with Gasteiger partial charge in [-0.1, -0.05) is 37.6 Å². The molecule has 1 aromatic heterocycles. The third-order valence-corrected chi connectivity index (χ3v) is 7.46. The summed E-state index contributed by atoms with van der Waals surface area (Å²) in [4.78, 5) is 33.4. The number of hydrogen-bond acceptors (Lipinski definition) is 6. The minimum absolute atomic E-state index is 0.00495. The molecule has 3 heterocycles. The maximum Gasteiger partial charge on any atom is 0.335 e. The molecule has 0 radical (unpaired) electrons. The minimum Gasteiger partial charge on any atom is -0.478 e. The number of carbonyl (C=O) groups is 2. The number of carboxylic acid groups (broad SMARTS) is 1. The molecule has 3 aromatic carbocycles. The summed E-state index contributed by atoms with van der Waals surface area (Å²) >= 11 is 0. The molecular weight excluding hydrogens is 544 g/mol. The van der Waals surface area contributed by atoms with Gasteiger partial charge in [-0.15, -0.1) is 0 Å². The maximum absolute atomic E-state index is 13.2. The van der Waals surface area contributed by atoms with Crippen molar-refractivity contribution in [2.45, 2.75) is 40.7 Å². The van der Waals surface area contributed by atoms with Crippen LogP contribution in [0.1, 0.15) is 57.9 Å². The molecule has 2 saturated heterocycles. The number of aromatic carboxylic acids is 1. The fraction of sp³-hybridized carbons (Fsp3) is 0.382. The topological polar surface area (TPSA) is 97.1 Å². The van der Waals surface area contributed by atoms with Gasteiger partial charge in [0, 0.05) is 52.0 Å². The second-order valence-electron chi connectivity index (χ2n) is 10.5. The van der Waals surface area contributed by atoms with Gasteiger partial charge in [0.05, 0.1) is 23.1 Å². The Kier molecular flexibility index (Phi) is 10.9. The van der Waals surface area contributed by atoms with E-state index >= 15 is 0 Å². The SMILES string of the molecule is C1COC1.CC.Cc1ccc(Oc2cccc(C(=O)N3CCN(Cc4nc5ccc(C(=O)O)cc5n4C)CC3)c2)c(C)c1. The summed E-state index contributed by atoms with van der Waals surface area (Å²) in [6.07, 6.45) is 1.28. The highest BCUT2D eigenvalue weighted by molar-refractivity contribution is 5.95. The molecule has 0 aliphatic carbocycles. The van der Waals surface area contributed by atoms with Crippen molar-refractivity contribution in [1.82, 2.24) is 19.4 Å². The number of carbonyl (C=O) groups excluding carboxylic acids is 1. The standard InChI is InChI=1S/C29H30N4O4.C3H6O.C2H6/c1-19-7-10-26(20(2)15-19)37-23-6-4-5-21(16-23)28(34)33-13-11-32(12-14-33)18-27-30-24-9-8-22(29(35)36)17-25(24)31(27)3;1-2-4-3-1;1-2/h4-10,15-17H,11-14,18H2,1-3H3,(H,35,36);1-3H2;1-2H3. The number of carboxylic acids is 1. The summed E-state index contributed by atoms with van der Waals surface area (Å²) in [6, 6.07) is 18.4. The van der Waals surface area contributed by atoms with Crippen LogP contribution in [0.2, 0.25) is 0 Å². The Labute approximate surface area is 253 Å². The summed E-state index contributed by atoms with van der Waals surface area (Å²) < 4.78 is 12.7. The van der Waals surface area contributed by atoms with E-state index in [1.54, 1.807) is 24.3 Å². The molecule has 9 nitrogen and oxygen atoms in total. The molecular formula is C34H42N4O5. The first-order valence-electron chi connectivity index (χ1n) is 14.9. The Morgan fingerprint density at radius 2 is 1.63 bits per heavy atom. The van der Waals surface area contributed by atoms with Gasteiger partial charge in [0.1, 0.15) is 17.3 Å². The quantitative estimate of drug-likeness (QED) is 0.293. The lowest BCUT2D eigenvalue weighted by Crippen LogP contribution is -2.48. The molecule has 1 amide bonds. The molecule has 0 atom stereocenters. The van der Waals surface area contributed by atoms with Crippen molar-refractivity contribution >= 4 is 22.9 Å². The third-order valence-electron chi connectivity index (χ3n) is 7.46. The number of benzene rings is 3. The van der Waals surface area contributed by atoms with Crippen LogP contribution in [0.25, 0.3) is 11.0 Å². The van der Waals surface area contributed by atoms with Gasteiger partial charge in [-0.25, -0.2) is 9.78 Å². The molecule has 0 bridgehead atoms. The first kappa shape index (κ1) is 31.7. The highest BCUT2D eigenvalue weighted by Crippen LogP contribution is 2.27. The van der Waals surface area contributed by atoms with Gasteiger partial charge in [-0.3, -0.25) is 9.69 Å². The van der Waals surface area contributed by atoms with Gasteiger partial charge >= 0.3 is 5.97 Å². The molecule has 43 heavy (non-hydrogen) atoms. The normalized spacial score (nSPS) is 14.6. The smallest absolute Gasteiger partial charge is 0.335 e. The number of imidazole rings is 1. The van der Waals surface area contributed by atoms with Crippen LogP contribution in [0.5, 0.6) is 11.5 Å². The average Bonchev–Trinajstić information content (AvgIpc) is 3.29. The largest absolute Gasteiger partial charge is 0.478 e. The molecule has 2 fully saturated rings. The first-order chi connectivity index (χ1) is 20.8. The van der Waals surface area contributed by atoms with Gasteiger partial charge in [0.2, 0.25) is 0 Å². The van der Waals surface area contributed by atoms with Crippen LogP contribution < -0.4 is 4.74 Å². The number of fused-ring (bicyclic) bond motifs is 1. The van der Waals surface area contributed by atoms with E-state index in [1.807, 2.05) is 74.5 Å². The Morgan fingerprint density at radius 1 is 0.930 bits per heavy atom. The lowest BCUT2D eigenvalue weighted by molar-refractivity contribution is 0.0367. The molecule has 0 saturated carbocycles. The van der Waals surface area contributed by atoms with E-state index in [2.05, 4.69) is 11.0 Å². The van der Waals surface area contributed by atoms with Crippen LogP contribution in [0.4, 0.5) is 0 Å². The van der Waals surface area contributed by atoms with Crippen molar-refractivity contribution in [3.8, 4) is 11.5 Å². The van der Waals surface area contributed by atoms with Gasteiger partial charge in [0.15, 0.2) is 0 Å². The number of aryl methyl sites for hydroxylation is 3. The van der Waals surface area contributed by atoms with E-state index in [1.165, 1.54) is 12.0 Å². The zero-order chi connectivity index (χ0) is 30.9. The minimum atomic E-state index is -0.951. The van der Waals surface area contributed by atoms with Crippen LogP contribution in [0.3, 0.4) is 0 Å². The Balaban J connectivity index is 0.000000640. The first-order valence-corrected chi connectivity index (χ1v) is 14.9. The highest BCUT2D eigenvalue weighted by Gasteiger charge is 2.24. The Morgan fingerprint density at radius 3 is 2.26 bits per heavy atom. The van der Waals surface area contributed by atoms with Gasteiger partial charge in [-0.2, -0.15) is 0 Å². The average molecular weight is 587 g/mol. The highest BCUT2D eigenvalue weighted by atomic mass is 16.5. The van der Waals surface area contributed by atoms with E-state index in [0.717, 1.165) is 54.5 Å². The van der Waals surface area contributed by atoms with Crippen LogP contribution in [0, 0.1) is 13.8 Å². The van der Waals surface area contributed by atoms with Crippen LogP contribution >= 0.6 is 0 Å². The fourth-order valence-corrected chi connectivity index (χ4v) is 4.88. The Hall–Kier alpha value is -4.21. The molecule has 2 aliphatic rings. The number of ether oxygens (including phenoxy) is 2. The lowest BCUT2D eigenvalue weighted by atomic mass is 10.1. The molecule has 9 heteroatoms. The van der Waals surface area contributed by atoms with Crippen molar-refractivity contribution in [2.24, 2.45) is 7.05 Å². The van der Waals surface area contributed by atoms with Crippen LogP contribution in [0.15, 0.2) is 60.7 Å². The molecule has 228 valence electrons. The molecule has 6 rings (SSSR count). The summed E-state index contributed by atoms with van der Waals surface area (Å²) in [5.74, 6) is 1.34. The monoisotopic (exact) mass is 586 g/mol. The number of hydrogen-bond donors (Lipinski definition) is 1. The number of nitrogens with zero attached hydrogens (tertiary/aromatic N) is 4.